The maximum absolute atomic E-state index is 14.2. The largest absolute Gasteiger partial charge is 0.481 e. The van der Waals surface area contributed by atoms with Crippen LogP contribution in [0.4, 0.5) is 0 Å². The van der Waals surface area contributed by atoms with Crippen LogP contribution in [0.25, 0.3) is 0 Å². The van der Waals surface area contributed by atoms with E-state index in [-0.39, 0.29) is 46.2 Å². The first-order valence-corrected chi connectivity index (χ1v) is 19.9. The van der Waals surface area contributed by atoms with Gasteiger partial charge in [-0.15, -0.1) is 11.3 Å². The van der Waals surface area contributed by atoms with Crippen molar-refractivity contribution in [2.45, 2.75) is 114 Å². The van der Waals surface area contributed by atoms with Crippen molar-refractivity contribution in [1.29, 1.82) is 0 Å². The van der Waals surface area contributed by atoms with Gasteiger partial charge in [0.2, 0.25) is 11.8 Å². The number of hydrogen-bond donors (Lipinski definition) is 3. The lowest BCUT2D eigenvalue weighted by atomic mass is 9.95. The van der Waals surface area contributed by atoms with Crippen LogP contribution in [-0.4, -0.2) is 98.3 Å². The van der Waals surface area contributed by atoms with Crippen molar-refractivity contribution in [3.63, 3.8) is 0 Å². The van der Waals surface area contributed by atoms with Crippen LogP contribution in [0.1, 0.15) is 100 Å². The molecule has 2 heterocycles. The number of carboxylic acid groups (broad SMARTS) is 1. The SMILES string of the molecule is CC[C@H](I)[C@H](NC(=O)[C@H]1CCCCN1C)C(=O)N(C)[C@H](C[C@@H](OC(C)=O)c1nc(C(=O)N[C@@H](Cc2ccccc2)C[C@H](C)C(=O)O)cs1)C(C)C. The van der Waals surface area contributed by atoms with Crippen molar-refractivity contribution in [2.75, 3.05) is 20.6 Å². The van der Waals surface area contributed by atoms with E-state index in [9.17, 15) is 29.1 Å². The number of rotatable bonds is 18. The van der Waals surface area contributed by atoms with Crippen LogP contribution in [0, 0.1) is 11.8 Å². The number of ether oxygens (including phenoxy) is 1. The Morgan fingerprint density at radius 1 is 1.10 bits per heavy atom. The number of benzene rings is 1. The lowest BCUT2D eigenvalue weighted by Gasteiger charge is -2.38. The number of carbonyl (C=O) groups excluding carboxylic acids is 4. The first-order valence-electron chi connectivity index (χ1n) is 17.7. The van der Waals surface area contributed by atoms with Gasteiger partial charge in [0.05, 0.1) is 12.0 Å². The summed E-state index contributed by atoms with van der Waals surface area (Å²) in [6, 6.07) is 7.66. The predicted molar refractivity (Wildman–Crippen MR) is 206 cm³/mol. The lowest BCUT2D eigenvalue weighted by molar-refractivity contribution is -0.149. The number of hydrogen-bond acceptors (Lipinski definition) is 9. The first kappa shape index (κ1) is 42.3. The summed E-state index contributed by atoms with van der Waals surface area (Å²) in [5.41, 5.74) is 1.09. The molecule has 1 aromatic carbocycles. The molecule has 1 aromatic heterocycles. The highest BCUT2D eigenvalue weighted by Crippen LogP contribution is 2.31. The van der Waals surface area contributed by atoms with E-state index in [4.69, 9.17) is 4.74 Å². The van der Waals surface area contributed by atoms with E-state index in [0.717, 1.165) is 31.4 Å². The van der Waals surface area contributed by atoms with Crippen molar-refractivity contribution in [3.8, 4) is 0 Å². The van der Waals surface area contributed by atoms with Gasteiger partial charge in [-0.05, 0) is 57.2 Å². The molecule has 51 heavy (non-hydrogen) atoms. The third-order valence-corrected chi connectivity index (χ3v) is 12.1. The number of nitrogens with one attached hydrogen (secondary N) is 2. The Labute approximate surface area is 319 Å². The first-order chi connectivity index (χ1) is 24.1. The van der Waals surface area contributed by atoms with Crippen LogP contribution < -0.4 is 10.6 Å². The maximum Gasteiger partial charge on any atom is 0.306 e. The van der Waals surface area contributed by atoms with Gasteiger partial charge in [0.15, 0.2) is 6.10 Å². The van der Waals surface area contributed by atoms with Crippen molar-refractivity contribution in [1.82, 2.24) is 25.4 Å². The second-order valence-corrected chi connectivity index (χ2v) is 16.4. The molecule has 282 valence electrons. The molecule has 0 radical (unpaired) electrons. The molecule has 12 nitrogen and oxygen atoms in total. The lowest BCUT2D eigenvalue weighted by Crippen LogP contribution is -2.58. The van der Waals surface area contributed by atoms with E-state index in [1.54, 1.807) is 24.3 Å². The van der Waals surface area contributed by atoms with Crippen LogP contribution in [0.3, 0.4) is 0 Å². The van der Waals surface area contributed by atoms with E-state index in [1.807, 2.05) is 63.1 Å². The van der Waals surface area contributed by atoms with Gasteiger partial charge in [0, 0.05) is 41.8 Å². The highest BCUT2D eigenvalue weighted by Gasteiger charge is 2.38. The van der Waals surface area contributed by atoms with Gasteiger partial charge in [-0.2, -0.15) is 0 Å². The molecular weight excluding hydrogens is 785 g/mol. The molecule has 14 heteroatoms. The van der Waals surface area contributed by atoms with E-state index in [1.165, 1.54) is 18.3 Å². The fraction of sp³-hybridized carbons (Fsp3) is 0.622. The second-order valence-electron chi connectivity index (χ2n) is 13.9. The third kappa shape index (κ3) is 12.5. The molecular formula is C37H54IN5O7S. The number of likely N-dealkylation sites (tertiary alicyclic amines) is 1. The number of halogens is 1. The summed E-state index contributed by atoms with van der Waals surface area (Å²) in [5, 5.41) is 17.6. The number of thiazole rings is 1. The fourth-order valence-electron chi connectivity index (χ4n) is 6.50. The Balaban J connectivity index is 1.81. The Bertz CT molecular complexity index is 1470. The summed E-state index contributed by atoms with van der Waals surface area (Å²) in [6.45, 7) is 9.70. The molecule has 0 bridgehead atoms. The van der Waals surface area contributed by atoms with Crippen molar-refractivity contribution < 1.29 is 33.8 Å². The number of nitrogens with zero attached hydrogens (tertiary/aromatic N) is 3. The number of carbonyl (C=O) groups is 5. The van der Waals surface area contributed by atoms with E-state index in [2.05, 4.69) is 38.2 Å². The van der Waals surface area contributed by atoms with Crippen molar-refractivity contribution >= 4 is 63.6 Å². The normalized spacial score (nSPS) is 18.5. The zero-order valence-corrected chi connectivity index (χ0v) is 33.7. The number of alkyl halides is 1. The van der Waals surface area contributed by atoms with Crippen LogP contribution in [0.2, 0.25) is 0 Å². The molecule has 0 saturated carbocycles. The second kappa shape index (κ2) is 20.2. The zero-order valence-electron chi connectivity index (χ0n) is 30.8. The van der Waals surface area contributed by atoms with Gasteiger partial charge in [-0.1, -0.05) is 87.0 Å². The highest BCUT2D eigenvalue weighted by molar-refractivity contribution is 14.1. The van der Waals surface area contributed by atoms with Gasteiger partial charge in [0.25, 0.3) is 5.91 Å². The van der Waals surface area contributed by atoms with Gasteiger partial charge >= 0.3 is 11.9 Å². The van der Waals surface area contributed by atoms with Crippen LogP contribution in [0.15, 0.2) is 35.7 Å². The Kier molecular flexibility index (Phi) is 16.8. The summed E-state index contributed by atoms with van der Waals surface area (Å²) in [6.07, 6.45) is 3.50. The molecule has 0 spiro atoms. The summed E-state index contributed by atoms with van der Waals surface area (Å²) >= 11 is 3.41. The van der Waals surface area contributed by atoms with Gasteiger partial charge in [-0.3, -0.25) is 28.9 Å². The van der Waals surface area contributed by atoms with Crippen LogP contribution in [-0.2, 0) is 30.3 Å². The van der Waals surface area contributed by atoms with Crippen LogP contribution >= 0.6 is 33.9 Å². The number of aromatic nitrogens is 1. The number of aliphatic carboxylic acids is 1. The zero-order chi connectivity index (χ0) is 37.8. The van der Waals surface area contributed by atoms with Crippen LogP contribution in [0.5, 0.6) is 0 Å². The molecule has 1 fully saturated rings. The molecule has 1 aliphatic rings. The summed E-state index contributed by atoms with van der Waals surface area (Å²) < 4.78 is 5.62. The third-order valence-electron chi connectivity index (χ3n) is 9.52. The van der Waals surface area contributed by atoms with Gasteiger partial charge in [0.1, 0.15) is 16.7 Å². The monoisotopic (exact) mass is 839 g/mol. The molecule has 3 N–H and O–H groups in total. The molecule has 0 aliphatic carbocycles. The quantitative estimate of drug-likeness (QED) is 0.104. The number of carboxylic acids is 1. The smallest absolute Gasteiger partial charge is 0.306 e. The standard InChI is InChI=1S/C37H54IN5O7S/c1-8-27(38)32(41-34(46)29-16-12-13-17-42(29)6)36(47)43(7)30(22(2)3)20-31(50-24(5)44)35-40-28(21-51-35)33(45)39-26(18-23(4)37(48)49)19-25-14-10-9-11-15-25/h9-11,14-15,21-23,26-27,29-32H,8,12-13,16-20H2,1-7H3,(H,39,45)(H,41,46)(H,48,49)/t23-,26+,27-,29+,30+,31+,32-/m0/s1. The summed E-state index contributed by atoms with van der Waals surface area (Å²) in [7, 11) is 3.66. The fourth-order valence-corrected chi connectivity index (χ4v) is 7.82. The number of likely N-dealkylation sites (N-methyl/N-ethyl adjacent to an activating group) is 2. The summed E-state index contributed by atoms with van der Waals surface area (Å²) in [5.74, 6) is -3.02. The molecule has 1 saturated heterocycles. The van der Waals surface area contributed by atoms with E-state index >= 15 is 0 Å². The Morgan fingerprint density at radius 3 is 2.37 bits per heavy atom. The average Bonchev–Trinajstić information content (AvgIpc) is 3.59. The topological polar surface area (TPSA) is 158 Å². The molecule has 2 aromatic rings. The minimum atomic E-state index is -0.945. The Morgan fingerprint density at radius 2 is 1.78 bits per heavy atom. The summed E-state index contributed by atoms with van der Waals surface area (Å²) in [4.78, 5) is 73.3. The molecule has 1 aliphatic heterocycles. The molecule has 7 atom stereocenters. The van der Waals surface area contributed by atoms with Crippen molar-refractivity contribution in [2.24, 2.45) is 11.8 Å². The predicted octanol–water partition coefficient (Wildman–Crippen LogP) is 5.26. The average molecular weight is 840 g/mol. The number of piperidine rings is 1. The maximum atomic E-state index is 14.2. The minimum absolute atomic E-state index is 0.0511. The molecule has 3 amide bonds. The molecule has 3 rings (SSSR count). The molecule has 0 unspecified atom stereocenters. The highest BCUT2D eigenvalue weighted by atomic mass is 127. The Hall–Kier alpha value is -3.11. The number of esters is 1. The minimum Gasteiger partial charge on any atom is -0.481 e. The van der Waals surface area contributed by atoms with Crippen molar-refractivity contribution in [3.05, 3.63) is 52.0 Å². The van der Waals surface area contributed by atoms with Gasteiger partial charge < -0.3 is 25.4 Å². The van der Waals surface area contributed by atoms with E-state index < -0.39 is 48.0 Å². The number of amides is 3. The van der Waals surface area contributed by atoms with E-state index in [0.29, 0.717) is 17.8 Å². The van der Waals surface area contributed by atoms with Gasteiger partial charge in [-0.25, -0.2) is 4.98 Å².